The van der Waals surface area contributed by atoms with E-state index < -0.39 is 0 Å². The van der Waals surface area contributed by atoms with Gasteiger partial charge in [0.1, 0.15) is 19.0 Å². The summed E-state index contributed by atoms with van der Waals surface area (Å²) in [6.07, 6.45) is 0. The van der Waals surface area contributed by atoms with Gasteiger partial charge in [0.05, 0.1) is 22.7 Å². The molecular weight excluding hydrogens is 304 g/mol. The van der Waals surface area contributed by atoms with E-state index in [1.165, 1.54) is 0 Å². The van der Waals surface area contributed by atoms with Gasteiger partial charge in [0.2, 0.25) is 5.91 Å². The second kappa shape index (κ2) is 6.94. The molecule has 1 aromatic heterocycles. The van der Waals surface area contributed by atoms with E-state index in [1.54, 1.807) is 31.4 Å². The van der Waals surface area contributed by atoms with Crippen molar-refractivity contribution >= 4 is 22.6 Å². The average Bonchev–Trinajstić information content (AvgIpc) is 2.93. The Morgan fingerprint density at radius 2 is 2.12 bits per heavy atom. The van der Waals surface area contributed by atoms with Gasteiger partial charge in [-0.05, 0) is 30.3 Å². The standard InChI is InChI=1S/C18H16N4O2/c1-24-12-17-21-15-7-2-3-8-16(15)22(17)11-18(23)20-14-6-4-5-13(9-14)10-19/h2-9H,11-12H2,1H3,(H,20,23). The third kappa shape index (κ3) is 3.26. The smallest absolute Gasteiger partial charge is 0.244 e. The molecule has 6 heteroatoms. The zero-order valence-corrected chi connectivity index (χ0v) is 13.2. The van der Waals surface area contributed by atoms with E-state index in [0.29, 0.717) is 23.7 Å². The molecule has 0 aliphatic heterocycles. The molecule has 6 nitrogen and oxygen atoms in total. The molecule has 0 fully saturated rings. The van der Waals surface area contributed by atoms with Crippen LogP contribution in [-0.4, -0.2) is 22.6 Å². The van der Waals surface area contributed by atoms with Crippen LogP contribution < -0.4 is 5.32 Å². The number of hydrogen-bond donors (Lipinski definition) is 1. The summed E-state index contributed by atoms with van der Waals surface area (Å²) in [5.41, 5.74) is 2.80. The van der Waals surface area contributed by atoms with Crippen LogP contribution >= 0.6 is 0 Å². The lowest BCUT2D eigenvalue weighted by Gasteiger charge is -2.10. The largest absolute Gasteiger partial charge is 0.377 e. The summed E-state index contributed by atoms with van der Waals surface area (Å²) >= 11 is 0. The van der Waals surface area contributed by atoms with Gasteiger partial charge in [-0.1, -0.05) is 18.2 Å². The first-order chi connectivity index (χ1) is 11.7. The summed E-state index contributed by atoms with van der Waals surface area (Å²) in [6.45, 7) is 0.446. The second-order valence-electron chi connectivity index (χ2n) is 5.28. The zero-order chi connectivity index (χ0) is 16.9. The molecule has 0 radical (unpaired) electrons. The predicted octanol–water partition coefficient (Wildman–Crippen LogP) is 2.69. The van der Waals surface area contributed by atoms with E-state index in [1.807, 2.05) is 28.8 Å². The molecule has 1 N–H and O–H groups in total. The molecule has 120 valence electrons. The summed E-state index contributed by atoms with van der Waals surface area (Å²) in [6, 6.07) is 16.5. The maximum atomic E-state index is 12.4. The van der Waals surface area contributed by atoms with Gasteiger partial charge in [0, 0.05) is 12.8 Å². The molecule has 0 saturated carbocycles. The molecule has 1 heterocycles. The number of ether oxygens (including phenoxy) is 1. The number of nitriles is 1. The van der Waals surface area contributed by atoms with Crippen molar-refractivity contribution in [1.29, 1.82) is 5.26 Å². The Balaban J connectivity index is 1.84. The maximum Gasteiger partial charge on any atom is 0.244 e. The summed E-state index contributed by atoms with van der Waals surface area (Å²) in [7, 11) is 1.59. The zero-order valence-electron chi connectivity index (χ0n) is 13.2. The van der Waals surface area contributed by atoms with Crippen molar-refractivity contribution in [2.24, 2.45) is 0 Å². The van der Waals surface area contributed by atoms with Gasteiger partial charge in [0.15, 0.2) is 0 Å². The summed E-state index contributed by atoms with van der Waals surface area (Å²) in [5.74, 6) is 0.505. The Kier molecular flexibility index (Phi) is 4.54. The number of nitrogens with zero attached hydrogens (tertiary/aromatic N) is 3. The average molecular weight is 320 g/mol. The van der Waals surface area contributed by atoms with Gasteiger partial charge in [-0.2, -0.15) is 5.26 Å². The molecular formula is C18H16N4O2. The third-order valence-corrected chi connectivity index (χ3v) is 3.58. The number of nitrogens with one attached hydrogen (secondary N) is 1. The van der Waals surface area contributed by atoms with Crippen LogP contribution in [0.2, 0.25) is 0 Å². The van der Waals surface area contributed by atoms with Gasteiger partial charge in [0.25, 0.3) is 0 Å². The molecule has 0 aliphatic carbocycles. The van der Waals surface area contributed by atoms with Crippen LogP contribution in [0.25, 0.3) is 11.0 Å². The van der Waals surface area contributed by atoms with Crippen molar-refractivity contribution in [2.45, 2.75) is 13.2 Å². The lowest BCUT2D eigenvalue weighted by molar-refractivity contribution is -0.116. The van der Waals surface area contributed by atoms with Gasteiger partial charge in [-0.3, -0.25) is 4.79 Å². The number of carbonyl (C=O) groups excluding carboxylic acids is 1. The predicted molar refractivity (Wildman–Crippen MR) is 90.2 cm³/mol. The van der Waals surface area contributed by atoms with Crippen LogP contribution in [-0.2, 0) is 22.7 Å². The molecule has 0 atom stereocenters. The molecule has 0 spiro atoms. The number of anilines is 1. The van der Waals surface area contributed by atoms with Crippen molar-refractivity contribution in [2.75, 3.05) is 12.4 Å². The fourth-order valence-electron chi connectivity index (χ4n) is 2.55. The van der Waals surface area contributed by atoms with E-state index in [-0.39, 0.29) is 12.5 Å². The molecule has 3 aromatic rings. The highest BCUT2D eigenvalue weighted by Gasteiger charge is 2.13. The fraction of sp³-hybridized carbons (Fsp3) is 0.167. The number of methoxy groups -OCH3 is 1. The molecule has 2 aromatic carbocycles. The lowest BCUT2D eigenvalue weighted by atomic mass is 10.2. The first kappa shape index (κ1) is 15.7. The topological polar surface area (TPSA) is 79.9 Å². The SMILES string of the molecule is COCc1nc2ccccc2n1CC(=O)Nc1cccc(C#N)c1. The quantitative estimate of drug-likeness (QED) is 0.784. The van der Waals surface area contributed by atoms with Crippen molar-refractivity contribution in [1.82, 2.24) is 9.55 Å². The number of rotatable bonds is 5. The van der Waals surface area contributed by atoms with Crippen LogP contribution in [0.4, 0.5) is 5.69 Å². The van der Waals surface area contributed by atoms with Gasteiger partial charge in [-0.15, -0.1) is 0 Å². The molecule has 0 saturated heterocycles. The summed E-state index contributed by atoms with van der Waals surface area (Å²) in [4.78, 5) is 16.9. The Labute approximate surface area is 139 Å². The second-order valence-corrected chi connectivity index (χ2v) is 5.28. The highest BCUT2D eigenvalue weighted by atomic mass is 16.5. The Morgan fingerprint density at radius 1 is 1.29 bits per heavy atom. The van der Waals surface area contributed by atoms with Crippen LogP contribution in [0.5, 0.6) is 0 Å². The van der Waals surface area contributed by atoms with E-state index in [4.69, 9.17) is 10.00 Å². The molecule has 0 aliphatic rings. The Morgan fingerprint density at radius 3 is 2.92 bits per heavy atom. The number of carbonyl (C=O) groups is 1. The van der Waals surface area contributed by atoms with Crippen molar-refractivity contribution in [3.63, 3.8) is 0 Å². The number of imidazole rings is 1. The molecule has 0 unspecified atom stereocenters. The minimum atomic E-state index is -0.189. The minimum absolute atomic E-state index is 0.121. The van der Waals surface area contributed by atoms with Crippen LogP contribution in [0, 0.1) is 11.3 Å². The van der Waals surface area contributed by atoms with Gasteiger partial charge < -0.3 is 14.6 Å². The maximum absolute atomic E-state index is 12.4. The van der Waals surface area contributed by atoms with Gasteiger partial charge in [-0.25, -0.2) is 4.98 Å². The summed E-state index contributed by atoms with van der Waals surface area (Å²) in [5, 5.41) is 11.7. The summed E-state index contributed by atoms with van der Waals surface area (Å²) < 4.78 is 7.01. The lowest BCUT2D eigenvalue weighted by Crippen LogP contribution is -2.20. The third-order valence-electron chi connectivity index (χ3n) is 3.58. The monoisotopic (exact) mass is 320 g/mol. The first-order valence-corrected chi connectivity index (χ1v) is 7.44. The number of hydrogen-bond acceptors (Lipinski definition) is 4. The number of amides is 1. The highest BCUT2D eigenvalue weighted by molar-refractivity contribution is 5.91. The number of aromatic nitrogens is 2. The van der Waals surface area contributed by atoms with Crippen molar-refractivity contribution in [3.05, 3.63) is 59.9 Å². The van der Waals surface area contributed by atoms with Crippen LogP contribution in [0.15, 0.2) is 48.5 Å². The Bertz CT molecular complexity index is 924. The molecule has 24 heavy (non-hydrogen) atoms. The van der Waals surface area contributed by atoms with E-state index >= 15 is 0 Å². The fourth-order valence-corrected chi connectivity index (χ4v) is 2.55. The normalized spacial score (nSPS) is 10.5. The molecule has 3 rings (SSSR count). The molecule has 1 amide bonds. The van der Waals surface area contributed by atoms with Crippen molar-refractivity contribution in [3.8, 4) is 6.07 Å². The number of fused-ring (bicyclic) bond motifs is 1. The Hall–Kier alpha value is -3.17. The van der Waals surface area contributed by atoms with Crippen LogP contribution in [0.3, 0.4) is 0 Å². The van der Waals surface area contributed by atoms with Crippen LogP contribution in [0.1, 0.15) is 11.4 Å². The molecule has 0 bridgehead atoms. The van der Waals surface area contributed by atoms with Gasteiger partial charge >= 0.3 is 0 Å². The minimum Gasteiger partial charge on any atom is -0.377 e. The number of para-hydroxylation sites is 2. The van der Waals surface area contributed by atoms with E-state index in [2.05, 4.69) is 16.4 Å². The van der Waals surface area contributed by atoms with E-state index in [0.717, 1.165) is 11.0 Å². The van der Waals surface area contributed by atoms with E-state index in [9.17, 15) is 4.79 Å². The first-order valence-electron chi connectivity index (χ1n) is 7.44. The number of benzene rings is 2. The highest BCUT2D eigenvalue weighted by Crippen LogP contribution is 2.17. The van der Waals surface area contributed by atoms with Crippen molar-refractivity contribution < 1.29 is 9.53 Å².